The van der Waals surface area contributed by atoms with Crippen LogP contribution in [-0.2, 0) is 6.54 Å². The molecule has 0 saturated carbocycles. The molecule has 0 saturated heterocycles. The van der Waals surface area contributed by atoms with Crippen molar-refractivity contribution < 1.29 is 9.52 Å². The lowest BCUT2D eigenvalue weighted by atomic mass is 10.1. The average Bonchev–Trinajstić information content (AvgIpc) is 2.90. The molecule has 0 aliphatic heterocycles. The van der Waals surface area contributed by atoms with Crippen LogP contribution in [0, 0.1) is 0 Å². The quantitative estimate of drug-likeness (QED) is 0.850. The highest BCUT2D eigenvalue weighted by atomic mass is 35.5. The maximum atomic E-state index is 9.97. The molecule has 3 nitrogen and oxygen atoms in total. The number of hydrogen-bond donors (Lipinski definition) is 2. The van der Waals surface area contributed by atoms with E-state index >= 15 is 0 Å². The maximum Gasteiger partial charge on any atom is 0.132 e. The molecule has 0 spiro atoms. The van der Waals surface area contributed by atoms with Gasteiger partial charge in [-0.1, -0.05) is 23.7 Å². The summed E-state index contributed by atoms with van der Waals surface area (Å²) in [5.74, 6) is 0.608. The van der Waals surface area contributed by atoms with Crippen LogP contribution < -0.4 is 5.32 Å². The Kier molecular flexibility index (Phi) is 5.02. The molecule has 2 N–H and O–H groups in total. The maximum absolute atomic E-state index is 9.97. The number of nitrogens with one attached hydrogen (secondary N) is 1. The number of rotatable bonds is 6. The zero-order valence-electron chi connectivity index (χ0n) is 10.8. The molecule has 0 radical (unpaired) electrons. The second kappa shape index (κ2) is 6.75. The Morgan fingerprint density at radius 3 is 2.84 bits per heavy atom. The molecule has 0 fully saturated rings. The standard InChI is InChI=1S/C15H18ClNO2/c1-11(8-14(18)15-6-3-7-19-15)17-10-12-4-2-5-13(16)9-12/h2-7,9,11,14,17-18H,8,10H2,1H3. The molecule has 4 heteroatoms. The van der Waals surface area contributed by atoms with Gasteiger partial charge < -0.3 is 14.8 Å². The molecular formula is C15H18ClNO2. The second-order valence-electron chi connectivity index (χ2n) is 4.68. The molecule has 2 unspecified atom stereocenters. The number of hydrogen-bond acceptors (Lipinski definition) is 3. The molecule has 1 aromatic carbocycles. The van der Waals surface area contributed by atoms with Crippen LogP contribution >= 0.6 is 11.6 Å². The lowest BCUT2D eigenvalue weighted by Gasteiger charge is -2.16. The Labute approximate surface area is 118 Å². The van der Waals surface area contributed by atoms with Gasteiger partial charge in [0.25, 0.3) is 0 Å². The molecule has 0 bridgehead atoms. The number of furan rings is 1. The highest BCUT2D eigenvalue weighted by Crippen LogP contribution is 2.18. The highest BCUT2D eigenvalue weighted by Gasteiger charge is 2.14. The number of aliphatic hydroxyl groups is 1. The summed E-state index contributed by atoms with van der Waals surface area (Å²) in [6, 6.07) is 11.5. The Morgan fingerprint density at radius 1 is 1.32 bits per heavy atom. The van der Waals surface area contributed by atoms with Gasteiger partial charge in [0.2, 0.25) is 0 Å². The van der Waals surface area contributed by atoms with Crippen molar-refractivity contribution in [2.24, 2.45) is 0 Å². The van der Waals surface area contributed by atoms with Gasteiger partial charge in [-0.25, -0.2) is 0 Å². The first-order valence-corrected chi connectivity index (χ1v) is 6.72. The Balaban J connectivity index is 1.80. The molecule has 0 aliphatic rings. The van der Waals surface area contributed by atoms with E-state index in [0.29, 0.717) is 12.2 Å². The Hall–Kier alpha value is -1.29. The topological polar surface area (TPSA) is 45.4 Å². The SMILES string of the molecule is CC(CC(O)c1ccco1)NCc1cccc(Cl)c1. The van der Waals surface area contributed by atoms with Gasteiger partial charge in [-0.15, -0.1) is 0 Å². The van der Waals surface area contributed by atoms with Crippen LogP contribution in [0.15, 0.2) is 47.1 Å². The molecule has 1 aromatic heterocycles. The van der Waals surface area contributed by atoms with Gasteiger partial charge in [-0.05, 0) is 43.2 Å². The van der Waals surface area contributed by atoms with Crippen molar-refractivity contribution in [2.45, 2.75) is 32.0 Å². The molecule has 1 heterocycles. The molecule has 0 aliphatic carbocycles. The lowest BCUT2D eigenvalue weighted by molar-refractivity contribution is 0.128. The molecule has 2 rings (SSSR count). The smallest absolute Gasteiger partial charge is 0.132 e. The predicted molar refractivity (Wildman–Crippen MR) is 76.0 cm³/mol. The van der Waals surface area contributed by atoms with E-state index in [1.54, 1.807) is 18.4 Å². The summed E-state index contributed by atoms with van der Waals surface area (Å²) in [5.41, 5.74) is 1.13. The van der Waals surface area contributed by atoms with E-state index in [4.69, 9.17) is 16.0 Å². The largest absolute Gasteiger partial charge is 0.467 e. The first kappa shape index (κ1) is 14.1. The van der Waals surface area contributed by atoms with Crippen molar-refractivity contribution in [3.8, 4) is 0 Å². The predicted octanol–water partition coefficient (Wildman–Crippen LogP) is 3.53. The van der Waals surface area contributed by atoms with Gasteiger partial charge in [-0.3, -0.25) is 0 Å². The van der Waals surface area contributed by atoms with Gasteiger partial charge in [0.05, 0.1) is 6.26 Å². The summed E-state index contributed by atoms with van der Waals surface area (Å²) in [5, 5.41) is 14.1. The number of halogens is 1. The molecule has 2 aromatic rings. The van der Waals surface area contributed by atoms with Gasteiger partial charge >= 0.3 is 0 Å². The highest BCUT2D eigenvalue weighted by molar-refractivity contribution is 6.30. The van der Waals surface area contributed by atoms with Crippen LogP contribution in [-0.4, -0.2) is 11.1 Å². The van der Waals surface area contributed by atoms with Crippen molar-refractivity contribution in [3.63, 3.8) is 0 Å². The summed E-state index contributed by atoms with van der Waals surface area (Å²) in [7, 11) is 0. The minimum atomic E-state index is -0.572. The monoisotopic (exact) mass is 279 g/mol. The zero-order chi connectivity index (χ0) is 13.7. The van der Waals surface area contributed by atoms with Crippen LogP contribution in [0.2, 0.25) is 5.02 Å². The first-order chi connectivity index (χ1) is 9.15. The molecular weight excluding hydrogens is 262 g/mol. The average molecular weight is 280 g/mol. The first-order valence-electron chi connectivity index (χ1n) is 6.34. The third-order valence-electron chi connectivity index (χ3n) is 2.99. The van der Waals surface area contributed by atoms with Crippen LogP contribution in [0.4, 0.5) is 0 Å². The van der Waals surface area contributed by atoms with Crippen molar-refractivity contribution in [1.29, 1.82) is 0 Å². The van der Waals surface area contributed by atoms with Crippen molar-refractivity contribution in [1.82, 2.24) is 5.32 Å². The third kappa shape index (κ3) is 4.39. The molecule has 19 heavy (non-hydrogen) atoms. The van der Waals surface area contributed by atoms with Crippen molar-refractivity contribution in [3.05, 3.63) is 59.0 Å². The van der Waals surface area contributed by atoms with Crippen molar-refractivity contribution in [2.75, 3.05) is 0 Å². The summed E-state index contributed by atoms with van der Waals surface area (Å²) < 4.78 is 5.18. The van der Waals surface area contributed by atoms with Gasteiger partial charge in [0.1, 0.15) is 11.9 Å². The van der Waals surface area contributed by atoms with E-state index in [9.17, 15) is 5.11 Å². The summed E-state index contributed by atoms with van der Waals surface area (Å²) in [6.45, 7) is 2.77. The summed E-state index contributed by atoms with van der Waals surface area (Å²) in [4.78, 5) is 0. The van der Waals surface area contributed by atoms with Crippen LogP contribution in [0.1, 0.15) is 30.8 Å². The van der Waals surface area contributed by atoms with Crippen LogP contribution in [0.25, 0.3) is 0 Å². The summed E-state index contributed by atoms with van der Waals surface area (Å²) in [6.07, 6.45) is 1.60. The second-order valence-corrected chi connectivity index (χ2v) is 5.12. The normalized spacial score (nSPS) is 14.3. The fourth-order valence-electron chi connectivity index (χ4n) is 1.95. The van der Waals surface area contributed by atoms with Crippen molar-refractivity contribution >= 4 is 11.6 Å². The fraction of sp³-hybridized carbons (Fsp3) is 0.333. The molecule has 2 atom stereocenters. The summed E-state index contributed by atoms with van der Waals surface area (Å²) >= 11 is 5.93. The van der Waals surface area contributed by atoms with E-state index in [-0.39, 0.29) is 6.04 Å². The number of benzene rings is 1. The fourth-order valence-corrected chi connectivity index (χ4v) is 2.17. The van der Waals surface area contributed by atoms with E-state index in [1.807, 2.05) is 31.2 Å². The van der Waals surface area contributed by atoms with Gasteiger partial charge in [0.15, 0.2) is 0 Å². The minimum absolute atomic E-state index is 0.180. The van der Waals surface area contributed by atoms with Crippen LogP contribution in [0.5, 0.6) is 0 Å². The Morgan fingerprint density at radius 2 is 2.16 bits per heavy atom. The molecule has 102 valence electrons. The number of aliphatic hydroxyl groups excluding tert-OH is 1. The van der Waals surface area contributed by atoms with Gasteiger partial charge in [-0.2, -0.15) is 0 Å². The van der Waals surface area contributed by atoms with E-state index < -0.39 is 6.10 Å². The minimum Gasteiger partial charge on any atom is -0.467 e. The van der Waals surface area contributed by atoms with E-state index in [1.165, 1.54) is 0 Å². The third-order valence-corrected chi connectivity index (χ3v) is 3.23. The molecule has 0 amide bonds. The van der Waals surface area contributed by atoms with E-state index in [0.717, 1.165) is 17.1 Å². The lowest BCUT2D eigenvalue weighted by Crippen LogP contribution is -2.27. The zero-order valence-corrected chi connectivity index (χ0v) is 11.6. The van der Waals surface area contributed by atoms with E-state index in [2.05, 4.69) is 5.32 Å². The van der Waals surface area contributed by atoms with Gasteiger partial charge in [0, 0.05) is 17.6 Å². The van der Waals surface area contributed by atoms with Crippen LogP contribution in [0.3, 0.4) is 0 Å². The Bertz CT molecular complexity index is 499.